The monoisotopic (exact) mass is 1330 g/mol. The molecule has 0 bridgehead atoms. The third kappa shape index (κ3) is 32.0. The van der Waals surface area contributed by atoms with Crippen LogP contribution in [0.25, 0.3) is 0 Å². The Morgan fingerprint density at radius 2 is 0.944 bits per heavy atom. The van der Waals surface area contributed by atoms with Gasteiger partial charge in [-0.2, -0.15) is 0 Å². The molecule has 3 unspecified atom stereocenters. The number of Topliss-reactive ketones (excluding diaryl/α,β-unsaturated/α-hetero) is 1. The van der Waals surface area contributed by atoms with Gasteiger partial charge in [-0.25, -0.2) is 38.8 Å². The van der Waals surface area contributed by atoms with Gasteiger partial charge in [0.2, 0.25) is 11.8 Å². The summed E-state index contributed by atoms with van der Waals surface area (Å²) >= 11 is 0. The maximum atomic E-state index is 12.8. The van der Waals surface area contributed by atoms with E-state index in [1.54, 1.807) is 26.9 Å². The summed E-state index contributed by atoms with van der Waals surface area (Å²) in [5.74, 6) is 0.586. The fourth-order valence-electron chi connectivity index (χ4n) is 9.85. The minimum Gasteiger partial charge on any atom is -1.00 e. The van der Waals surface area contributed by atoms with Gasteiger partial charge in [0.15, 0.2) is 5.78 Å². The van der Waals surface area contributed by atoms with Crippen molar-refractivity contribution >= 4 is 65.0 Å². The van der Waals surface area contributed by atoms with Crippen LogP contribution in [0.5, 0.6) is 0 Å². The maximum Gasteiger partial charge on any atom is 2.00 e. The average Bonchev–Trinajstić information content (AvgIpc) is 2.27. The standard InChI is InChI=1S/C18H32N2O3.C13H24N2O.C12H21NO3.C12H19NO3.C9H15NO3.C3H5.BrH.Mg/c1-9-10-13-11-20(15(22)23-17(5,6)7)12-18(13,8)14(21)19-16(2,3)4;1-6-7-10-8-14-9-13(10,5)11(16)15-12(2,3)4;2*1-5-6-9-7-13(8-10(9)14)11(15)16-12(2,3)4;1-9(2,3)13-8(11)10-4-6-7(5-10)12-6;1-3-2;;/h9,13H,1,10-12H2,2-8H3,(H,19,21);6,10,14H,1,7-9H2,2-5H3,(H,15,16);5,9-10,14H,1,6-8H2,2-4H3;5,9H,1,6-8H2,2-4H3;6-7H,4-5H2,1-3H3;3H,1-2H2;1H;/q;;;;;-1;;+2/p-1/t13-,18+;10-,13+;9-,10-;;;;;/m000...../s1. The molecule has 6 rings (SSSR count). The molecule has 0 spiro atoms. The minimum atomic E-state index is -0.641. The number of ether oxygens (including phenoxy) is 5. The number of nitrogens with zero attached hydrogens (tertiary/aromatic N) is 4. The molecule has 22 heteroatoms. The van der Waals surface area contributed by atoms with Crippen molar-refractivity contribution in [2.75, 3.05) is 65.4 Å². The molecule has 89 heavy (non-hydrogen) atoms. The van der Waals surface area contributed by atoms with Gasteiger partial charge in [0.05, 0.1) is 43.1 Å². The molecule has 506 valence electrons. The van der Waals surface area contributed by atoms with Gasteiger partial charge in [-0.05, 0) is 183 Å². The number of aliphatic hydroxyl groups excluding tert-OH is 1. The molecule has 6 aliphatic rings. The van der Waals surface area contributed by atoms with Gasteiger partial charge in [0.25, 0.3) is 0 Å². The molecule has 6 saturated heterocycles. The summed E-state index contributed by atoms with van der Waals surface area (Å²) in [6.45, 7) is 64.7. The molecular weight excluding hydrogens is 1210 g/mol. The normalized spacial score (nSPS) is 25.0. The van der Waals surface area contributed by atoms with E-state index in [-0.39, 0.29) is 129 Å². The first-order valence-corrected chi connectivity index (χ1v) is 30.6. The molecular formula is C67H116BrMgN7O13. The van der Waals surface area contributed by atoms with E-state index in [0.717, 1.165) is 25.9 Å². The van der Waals surface area contributed by atoms with E-state index >= 15 is 0 Å². The van der Waals surface area contributed by atoms with Gasteiger partial charge < -0.3 is 81.3 Å². The summed E-state index contributed by atoms with van der Waals surface area (Å²) in [6.07, 6.45) is 10.4. The first kappa shape index (κ1) is 86.4. The third-order valence-electron chi connectivity index (χ3n) is 14.2. The Kier molecular flexibility index (Phi) is 35.5. The quantitative estimate of drug-likeness (QED) is 0.0546. The third-order valence-corrected chi connectivity index (χ3v) is 14.2. The molecule has 4 N–H and O–H groups in total. The van der Waals surface area contributed by atoms with Crippen LogP contribution >= 0.6 is 0 Å². The molecule has 6 heterocycles. The second-order valence-electron chi connectivity index (χ2n) is 29.9. The number of rotatable bonds is 10. The number of nitrogens with one attached hydrogen (secondary N) is 3. The van der Waals surface area contributed by atoms with Gasteiger partial charge >= 0.3 is 47.4 Å². The second kappa shape index (κ2) is 36.6. The van der Waals surface area contributed by atoms with Gasteiger partial charge in [-0.1, -0.05) is 24.3 Å². The van der Waals surface area contributed by atoms with E-state index in [9.17, 15) is 38.7 Å². The van der Waals surface area contributed by atoms with Gasteiger partial charge in [-0.3, -0.25) is 14.4 Å². The molecule has 0 radical (unpaired) electrons. The first-order valence-electron chi connectivity index (χ1n) is 30.6. The van der Waals surface area contributed by atoms with E-state index in [1.165, 1.54) is 11.0 Å². The molecule has 0 aliphatic carbocycles. The van der Waals surface area contributed by atoms with Crippen LogP contribution in [0.1, 0.15) is 164 Å². The molecule has 0 aromatic carbocycles. The number of ketones is 1. The summed E-state index contributed by atoms with van der Waals surface area (Å²) in [4.78, 5) is 90.2. The van der Waals surface area contributed by atoms with E-state index < -0.39 is 40.0 Å². The fraction of sp³-hybridized carbons (Fsp3) is 0.731. The Hall–Kier alpha value is -4.61. The van der Waals surface area contributed by atoms with Crippen LogP contribution in [0.2, 0.25) is 0 Å². The first-order chi connectivity index (χ1) is 39.6. The molecule has 9 atom stereocenters. The number of β-amino-alcohol motifs (C(OH)–C–C–N with tert-alkyl or cyclic N) is 1. The zero-order chi connectivity index (χ0) is 67.5. The average molecular weight is 1330 g/mol. The van der Waals surface area contributed by atoms with Crippen molar-refractivity contribution in [3.8, 4) is 0 Å². The van der Waals surface area contributed by atoms with Crippen LogP contribution in [0.3, 0.4) is 0 Å². The molecule has 6 fully saturated rings. The number of amides is 6. The van der Waals surface area contributed by atoms with Crippen LogP contribution in [-0.2, 0) is 38.1 Å². The van der Waals surface area contributed by atoms with Crippen LogP contribution < -0.4 is 32.9 Å². The predicted octanol–water partition coefficient (Wildman–Crippen LogP) is 7.48. The molecule has 0 aromatic heterocycles. The second-order valence-corrected chi connectivity index (χ2v) is 29.9. The summed E-state index contributed by atoms with van der Waals surface area (Å²) in [7, 11) is 0. The molecule has 0 saturated carbocycles. The Bertz CT molecular complexity index is 2340. The maximum absolute atomic E-state index is 12.8. The molecule has 20 nitrogen and oxygen atoms in total. The number of carbonyl (C=O) groups excluding carboxylic acids is 7. The number of morpholine rings is 1. The Labute approximate surface area is 562 Å². The summed E-state index contributed by atoms with van der Waals surface area (Å²) in [6, 6.07) is 0. The summed E-state index contributed by atoms with van der Waals surface area (Å²) in [5, 5.41) is 19.2. The zero-order valence-corrected chi connectivity index (χ0v) is 61.3. The fourth-order valence-corrected chi connectivity index (χ4v) is 9.85. The number of allylic oxidation sites excluding steroid dienone is 5. The number of aliphatic hydroxyl groups is 1. The van der Waals surface area contributed by atoms with Crippen molar-refractivity contribution in [1.29, 1.82) is 0 Å². The summed E-state index contributed by atoms with van der Waals surface area (Å²) in [5.41, 5.74) is -3.36. The van der Waals surface area contributed by atoms with E-state index in [4.69, 9.17) is 23.7 Å². The Morgan fingerprint density at radius 3 is 1.34 bits per heavy atom. The number of fused-ring (bicyclic) bond motifs is 1. The molecule has 6 aliphatic heterocycles. The van der Waals surface area contributed by atoms with E-state index in [1.807, 2.05) is 151 Å². The van der Waals surface area contributed by atoms with Crippen molar-refractivity contribution in [1.82, 2.24) is 35.6 Å². The number of likely N-dealkylation sites (tertiary alicyclic amines) is 4. The number of hydrogen-bond donors (Lipinski definition) is 4. The van der Waals surface area contributed by atoms with Crippen LogP contribution in [0.15, 0.2) is 63.3 Å². The van der Waals surface area contributed by atoms with Crippen LogP contribution in [-0.4, -0.2) is 207 Å². The topological polar surface area (TPSA) is 238 Å². The van der Waals surface area contributed by atoms with Crippen molar-refractivity contribution in [3.05, 3.63) is 70.2 Å². The SMILES string of the molecule is C=CCC1CN(C(=O)OC(C)(C)C)CC1=O.C=CC[C@H]1CN(C(=O)OC(C)(C)C)C[C@@H]1O.C=CC[C@H]1CN(C(=O)OC(C)(C)C)C[C@@]1(C)C(=O)NC(C)(C)C.C=CC[C@H]1CNC[C@@]1(C)C(=O)NC(C)(C)C.C=C[CH2-].CC(C)(C)OC(=O)N1CC2OC2C1.[Br-].[Mg+2]. The molecule has 0 aromatic rings. The predicted molar refractivity (Wildman–Crippen MR) is 350 cm³/mol. The van der Waals surface area contributed by atoms with Gasteiger partial charge in [0.1, 0.15) is 34.6 Å². The Balaban J connectivity index is 0. The minimum absolute atomic E-state index is 0. The zero-order valence-electron chi connectivity index (χ0n) is 58.3. The van der Waals surface area contributed by atoms with Gasteiger partial charge in [-0.15, -0.1) is 26.3 Å². The van der Waals surface area contributed by atoms with Crippen molar-refractivity contribution < 1.29 is 79.3 Å². The van der Waals surface area contributed by atoms with E-state index in [0.29, 0.717) is 64.6 Å². The van der Waals surface area contributed by atoms with Crippen LogP contribution in [0, 0.1) is 41.4 Å². The van der Waals surface area contributed by atoms with Crippen LogP contribution in [0.4, 0.5) is 19.2 Å². The van der Waals surface area contributed by atoms with E-state index in [2.05, 4.69) is 55.8 Å². The van der Waals surface area contributed by atoms with Crippen molar-refractivity contribution in [2.45, 2.75) is 216 Å². The van der Waals surface area contributed by atoms with Crippen molar-refractivity contribution in [3.63, 3.8) is 0 Å². The van der Waals surface area contributed by atoms with Crippen molar-refractivity contribution in [2.24, 2.45) is 34.5 Å². The largest absolute Gasteiger partial charge is 2.00 e. The number of carbonyl (C=O) groups is 7. The smallest absolute Gasteiger partial charge is 1.00 e. The summed E-state index contributed by atoms with van der Waals surface area (Å²) < 4.78 is 26.3. The number of epoxide rings is 1. The Morgan fingerprint density at radius 1 is 0.573 bits per heavy atom. The number of halogens is 1. The molecule has 6 amide bonds. The van der Waals surface area contributed by atoms with Gasteiger partial charge in [0, 0.05) is 55.6 Å². The number of hydrogen-bond acceptors (Lipinski definition) is 14.